The van der Waals surface area contributed by atoms with Gasteiger partial charge in [-0.1, -0.05) is 33.8 Å². The molecule has 1 aromatic carbocycles. The summed E-state index contributed by atoms with van der Waals surface area (Å²) in [6.45, 7) is 9.15. The molecule has 0 bridgehead atoms. The van der Waals surface area contributed by atoms with E-state index in [1.165, 1.54) is 12.1 Å². The van der Waals surface area contributed by atoms with E-state index in [4.69, 9.17) is 4.99 Å². The van der Waals surface area contributed by atoms with Crippen LogP contribution in [0, 0.1) is 16.0 Å². The van der Waals surface area contributed by atoms with Crippen LogP contribution in [-0.4, -0.2) is 23.1 Å². The standard InChI is InChI=1S/C17H25N5O2/c1-5-17(18-6-2)11-15(12(3)4)20-16(21-17)19-13-8-7-9-14(10-13)22(23)24/h7-12,18H,5-6H2,1-4H3,(H2,19,20,21). The molecular weight excluding hydrogens is 306 g/mol. The van der Waals surface area contributed by atoms with Crippen molar-refractivity contribution in [2.75, 3.05) is 11.9 Å². The van der Waals surface area contributed by atoms with Crippen LogP contribution in [0.25, 0.3) is 0 Å². The molecule has 1 atom stereocenters. The summed E-state index contributed by atoms with van der Waals surface area (Å²) in [6.07, 6.45) is 2.93. The second kappa shape index (κ2) is 7.44. The first-order chi connectivity index (χ1) is 11.4. The van der Waals surface area contributed by atoms with Crippen LogP contribution in [0.3, 0.4) is 0 Å². The summed E-state index contributed by atoms with van der Waals surface area (Å²) < 4.78 is 0. The molecule has 0 spiro atoms. The van der Waals surface area contributed by atoms with Crippen molar-refractivity contribution in [2.24, 2.45) is 10.9 Å². The number of hydrogen-bond acceptors (Lipinski definition) is 6. The molecule has 0 fully saturated rings. The van der Waals surface area contributed by atoms with Gasteiger partial charge in [-0.25, -0.2) is 4.99 Å². The molecule has 130 valence electrons. The van der Waals surface area contributed by atoms with Crippen LogP contribution in [0.4, 0.5) is 11.4 Å². The molecule has 0 aliphatic carbocycles. The molecule has 1 aliphatic heterocycles. The van der Waals surface area contributed by atoms with Crippen LogP contribution >= 0.6 is 0 Å². The largest absolute Gasteiger partial charge is 0.330 e. The van der Waals surface area contributed by atoms with E-state index in [0.717, 1.165) is 18.7 Å². The quantitative estimate of drug-likeness (QED) is 0.550. The summed E-state index contributed by atoms with van der Waals surface area (Å²) in [5.74, 6) is 0.900. The number of nitro benzene ring substituents is 1. The van der Waals surface area contributed by atoms with Crippen molar-refractivity contribution in [3.8, 4) is 0 Å². The third-order valence-electron chi connectivity index (χ3n) is 3.93. The van der Waals surface area contributed by atoms with E-state index >= 15 is 0 Å². The predicted molar refractivity (Wildman–Crippen MR) is 96.9 cm³/mol. The van der Waals surface area contributed by atoms with Gasteiger partial charge in [-0.3, -0.25) is 15.4 Å². The molecule has 3 N–H and O–H groups in total. The molecule has 1 heterocycles. The highest BCUT2D eigenvalue weighted by molar-refractivity contribution is 5.96. The smallest absolute Gasteiger partial charge is 0.271 e. The van der Waals surface area contributed by atoms with Crippen molar-refractivity contribution in [1.29, 1.82) is 0 Å². The highest BCUT2D eigenvalue weighted by atomic mass is 16.6. The minimum Gasteiger partial charge on any atom is -0.330 e. The van der Waals surface area contributed by atoms with Gasteiger partial charge in [-0.2, -0.15) is 0 Å². The van der Waals surface area contributed by atoms with Gasteiger partial charge in [0.15, 0.2) is 0 Å². The topological polar surface area (TPSA) is 91.6 Å². The zero-order valence-electron chi connectivity index (χ0n) is 14.6. The summed E-state index contributed by atoms with van der Waals surface area (Å²) in [7, 11) is 0. The first-order valence-electron chi connectivity index (χ1n) is 8.25. The summed E-state index contributed by atoms with van der Waals surface area (Å²) >= 11 is 0. The van der Waals surface area contributed by atoms with Gasteiger partial charge in [0.1, 0.15) is 5.66 Å². The van der Waals surface area contributed by atoms with Gasteiger partial charge in [0.25, 0.3) is 5.69 Å². The number of guanidine groups is 1. The van der Waals surface area contributed by atoms with E-state index in [1.807, 2.05) is 6.92 Å². The normalized spacial score (nSPS) is 20.2. The fourth-order valence-electron chi connectivity index (χ4n) is 2.60. The Bertz CT molecular complexity index is 669. The molecular formula is C17H25N5O2. The van der Waals surface area contributed by atoms with Gasteiger partial charge in [0, 0.05) is 23.5 Å². The number of aliphatic imine (C=N–C) groups is 1. The summed E-state index contributed by atoms with van der Waals surface area (Å²) in [5.41, 5.74) is 1.27. The van der Waals surface area contributed by atoms with Gasteiger partial charge < -0.3 is 10.6 Å². The van der Waals surface area contributed by atoms with Crippen molar-refractivity contribution in [3.05, 3.63) is 46.2 Å². The maximum Gasteiger partial charge on any atom is 0.271 e. The number of non-ortho nitro benzene ring substituents is 1. The molecule has 0 aromatic heterocycles. The molecule has 1 unspecified atom stereocenters. The van der Waals surface area contributed by atoms with Crippen molar-refractivity contribution in [1.82, 2.24) is 10.6 Å². The van der Waals surface area contributed by atoms with Gasteiger partial charge in [0.05, 0.1) is 4.92 Å². The molecule has 0 radical (unpaired) electrons. The number of rotatable bonds is 6. The second-order valence-electron chi connectivity index (χ2n) is 6.08. The van der Waals surface area contributed by atoms with Crippen LogP contribution in [-0.2, 0) is 0 Å². The van der Waals surface area contributed by atoms with Crippen LogP contribution in [0.15, 0.2) is 41.0 Å². The Morgan fingerprint density at radius 1 is 1.38 bits per heavy atom. The lowest BCUT2D eigenvalue weighted by molar-refractivity contribution is -0.384. The van der Waals surface area contributed by atoms with Crippen molar-refractivity contribution < 1.29 is 4.92 Å². The Morgan fingerprint density at radius 3 is 2.71 bits per heavy atom. The first kappa shape index (κ1) is 17.9. The Hall–Kier alpha value is -2.41. The summed E-state index contributed by atoms with van der Waals surface area (Å²) in [5, 5.41) is 20.8. The van der Waals surface area contributed by atoms with E-state index < -0.39 is 10.6 Å². The predicted octanol–water partition coefficient (Wildman–Crippen LogP) is 3.22. The highest BCUT2D eigenvalue weighted by Crippen LogP contribution is 2.24. The lowest BCUT2D eigenvalue weighted by Crippen LogP contribution is -2.49. The Kier molecular flexibility index (Phi) is 5.56. The molecule has 1 aromatic rings. The van der Waals surface area contributed by atoms with Crippen LogP contribution in [0.5, 0.6) is 0 Å². The van der Waals surface area contributed by atoms with E-state index in [9.17, 15) is 10.1 Å². The lowest BCUT2D eigenvalue weighted by atomic mass is 9.99. The van der Waals surface area contributed by atoms with Crippen LogP contribution in [0.1, 0.15) is 34.1 Å². The van der Waals surface area contributed by atoms with Gasteiger partial charge >= 0.3 is 0 Å². The van der Waals surface area contributed by atoms with Gasteiger partial charge in [-0.05, 0) is 31.0 Å². The van der Waals surface area contributed by atoms with Crippen LogP contribution in [0.2, 0.25) is 0 Å². The zero-order chi connectivity index (χ0) is 17.7. The third kappa shape index (κ3) is 4.11. The van der Waals surface area contributed by atoms with Crippen molar-refractivity contribution in [2.45, 2.75) is 39.8 Å². The third-order valence-corrected chi connectivity index (χ3v) is 3.93. The minimum atomic E-state index is -0.470. The van der Waals surface area contributed by atoms with E-state index in [2.05, 4.69) is 42.8 Å². The second-order valence-corrected chi connectivity index (χ2v) is 6.08. The number of nitrogens with one attached hydrogen (secondary N) is 3. The Labute approximate surface area is 142 Å². The molecule has 0 amide bonds. The number of benzene rings is 1. The van der Waals surface area contributed by atoms with E-state index in [0.29, 0.717) is 17.6 Å². The summed E-state index contributed by atoms with van der Waals surface area (Å²) in [4.78, 5) is 15.3. The minimum absolute atomic E-state index is 0.0458. The average molecular weight is 331 g/mol. The number of hydrogen-bond donors (Lipinski definition) is 3. The molecule has 1 aliphatic rings. The van der Waals surface area contributed by atoms with Gasteiger partial charge in [0.2, 0.25) is 5.96 Å². The maximum atomic E-state index is 10.9. The molecule has 0 saturated carbocycles. The SMILES string of the molecule is CCNC1(CC)C=C(C(C)C)NC(Nc2cccc([N+](=O)[O-])c2)=N1. The summed E-state index contributed by atoms with van der Waals surface area (Å²) in [6, 6.07) is 6.40. The van der Waals surface area contributed by atoms with Crippen molar-refractivity contribution in [3.63, 3.8) is 0 Å². The number of nitro groups is 1. The lowest BCUT2D eigenvalue weighted by Gasteiger charge is -2.34. The molecule has 7 nitrogen and oxygen atoms in total. The van der Waals surface area contributed by atoms with E-state index in [-0.39, 0.29) is 5.69 Å². The fourth-order valence-corrected chi connectivity index (χ4v) is 2.60. The van der Waals surface area contributed by atoms with Crippen LogP contribution < -0.4 is 16.0 Å². The van der Waals surface area contributed by atoms with Crippen molar-refractivity contribution >= 4 is 17.3 Å². The number of allylic oxidation sites excluding steroid dienone is 1. The number of nitrogens with zero attached hydrogens (tertiary/aromatic N) is 2. The number of anilines is 1. The highest BCUT2D eigenvalue weighted by Gasteiger charge is 2.29. The van der Waals surface area contributed by atoms with E-state index in [1.54, 1.807) is 12.1 Å². The molecule has 7 heteroatoms. The average Bonchev–Trinajstić information content (AvgIpc) is 2.55. The molecule has 2 rings (SSSR count). The molecule has 0 saturated heterocycles. The number of likely N-dealkylation sites (N-methyl/N-ethyl adjacent to an activating group) is 1. The maximum absolute atomic E-state index is 10.9. The monoisotopic (exact) mass is 331 g/mol. The Balaban J connectivity index is 2.31. The van der Waals surface area contributed by atoms with Gasteiger partial charge in [-0.15, -0.1) is 0 Å². The first-order valence-corrected chi connectivity index (χ1v) is 8.25. The fraction of sp³-hybridized carbons (Fsp3) is 0.471. The Morgan fingerprint density at radius 2 is 2.12 bits per heavy atom. The molecule has 24 heavy (non-hydrogen) atoms. The zero-order valence-corrected chi connectivity index (χ0v) is 14.6.